The third kappa shape index (κ3) is 6.01. The zero-order valence-electron chi connectivity index (χ0n) is 13.7. The second-order valence-corrected chi connectivity index (χ2v) is 7.04. The number of esters is 2. The highest BCUT2D eigenvalue weighted by Crippen LogP contribution is 2.13. The maximum absolute atomic E-state index is 11.6. The zero-order chi connectivity index (χ0) is 17.4. The van der Waals surface area contributed by atoms with E-state index in [1.807, 2.05) is 13.8 Å². The van der Waals surface area contributed by atoms with Crippen LogP contribution in [-0.4, -0.2) is 35.1 Å². The van der Waals surface area contributed by atoms with Crippen molar-refractivity contribution >= 4 is 34.6 Å². The van der Waals surface area contributed by atoms with E-state index in [1.54, 1.807) is 33.7 Å². The summed E-state index contributed by atoms with van der Waals surface area (Å²) in [6, 6.07) is 0. The number of carbonyl (C=O) groups is 2. The Morgan fingerprint density at radius 2 is 1.29 bits per heavy atom. The average Bonchev–Trinajstić information content (AvgIpc) is 3.14. The van der Waals surface area contributed by atoms with Crippen LogP contribution in [0.5, 0.6) is 0 Å². The Morgan fingerprint density at radius 3 is 1.62 bits per heavy atom. The number of hydrogen-bond donors (Lipinski definition) is 0. The molecule has 2 rings (SSSR count). The fraction of sp³-hybridized carbons (Fsp3) is 0.500. The van der Waals surface area contributed by atoms with Gasteiger partial charge in [0.2, 0.25) is 0 Å². The number of rotatable bonds is 9. The molecular weight excluding hydrogens is 348 g/mol. The number of aromatic nitrogens is 2. The number of hydrogen-bond acceptors (Lipinski definition) is 8. The third-order valence-electron chi connectivity index (χ3n) is 3.41. The van der Waals surface area contributed by atoms with Crippen LogP contribution in [0.1, 0.15) is 34.0 Å². The van der Waals surface area contributed by atoms with Crippen LogP contribution in [-0.2, 0) is 31.9 Å². The minimum absolute atomic E-state index is 0.0418. The second-order valence-electron chi connectivity index (χ2n) is 5.16. The monoisotopic (exact) mass is 368 g/mol. The van der Waals surface area contributed by atoms with Crippen molar-refractivity contribution < 1.29 is 19.1 Å². The van der Waals surface area contributed by atoms with E-state index >= 15 is 0 Å². The van der Waals surface area contributed by atoms with Crippen molar-refractivity contribution in [1.82, 2.24) is 9.97 Å². The van der Waals surface area contributed by atoms with Crippen molar-refractivity contribution in [3.05, 3.63) is 32.2 Å². The molecule has 2 aromatic rings. The summed E-state index contributed by atoms with van der Waals surface area (Å²) in [7, 11) is 0. The Labute approximate surface area is 148 Å². The van der Waals surface area contributed by atoms with Gasteiger partial charge in [-0.05, 0) is 13.8 Å². The summed E-state index contributed by atoms with van der Waals surface area (Å²) < 4.78 is 10.3. The molecule has 0 atom stereocenters. The van der Waals surface area contributed by atoms with Gasteiger partial charge in [0.15, 0.2) is 0 Å². The average molecular weight is 368 g/mol. The highest BCUT2D eigenvalue weighted by Gasteiger charge is 2.10. The first-order valence-corrected chi connectivity index (χ1v) is 9.41. The van der Waals surface area contributed by atoms with Crippen molar-refractivity contribution in [3.63, 3.8) is 0 Å². The summed E-state index contributed by atoms with van der Waals surface area (Å²) in [5.41, 5.74) is 5.48. The number of nitrogens with zero attached hydrogens (tertiary/aromatic N) is 2. The van der Waals surface area contributed by atoms with Gasteiger partial charge in [-0.3, -0.25) is 9.59 Å². The van der Waals surface area contributed by atoms with Crippen LogP contribution in [0.3, 0.4) is 0 Å². The van der Waals surface area contributed by atoms with Crippen LogP contribution in [0.4, 0.5) is 0 Å². The highest BCUT2D eigenvalue weighted by molar-refractivity contribution is 7.10. The maximum Gasteiger partial charge on any atom is 0.306 e. The molecule has 0 radical (unpaired) electrons. The van der Waals surface area contributed by atoms with Crippen molar-refractivity contribution in [2.24, 2.45) is 0 Å². The normalized spacial score (nSPS) is 10.6. The predicted molar refractivity (Wildman–Crippen MR) is 92.3 cm³/mol. The molecule has 0 N–H and O–H groups in total. The molecule has 0 spiro atoms. The first kappa shape index (κ1) is 18.5. The molecule has 0 saturated carbocycles. The van der Waals surface area contributed by atoms with Crippen LogP contribution in [0.2, 0.25) is 0 Å². The Balaban J connectivity index is 1.55. The van der Waals surface area contributed by atoms with E-state index < -0.39 is 0 Å². The smallest absolute Gasteiger partial charge is 0.306 e. The minimum atomic E-state index is -0.382. The van der Waals surface area contributed by atoms with Crippen molar-refractivity contribution in [3.8, 4) is 0 Å². The van der Waals surface area contributed by atoms with Gasteiger partial charge in [-0.15, -0.1) is 22.7 Å². The summed E-state index contributed by atoms with van der Waals surface area (Å²) >= 11 is 3.10. The van der Waals surface area contributed by atoms with E-state index in [2.05, 4.69) is 9.97 Å². The minimum Gasteiger partial charge on any atom is -0.465 e. The Hall–Kier alpha value is -1.80. The van der Waals surface area contributed by atoms with Crippen LogP contribution in [0, 0.1) is 13.8 Å². The van der Waals surface area contributed by atoms with Gasteiger partial charge in [0, 0.05) is 22.6 Å². The van der Waals surface area contributed by atoms with Crippen molar-refractivity contribution in [1.29, 1.82) is 0 Å². The second kappa shape index (κ2) is 9.48. The molecule has 0 aliphatic heterocycles. The molecule has 0 bridgehead atoms. The van der Waals surface area contributed by atoms with Gasteiger partial charge in [-0.1, -0.05) is 0 Å². The molecule has 0 fully saturated rings. The van der Waals surface area contributed by atoms with E-state index in [0.717, 1.165) is 21.1 Å². The lowest BCUT2D eigenvalue weighted by Crippen LogP contribution is -2.12. The predicted octanol–water partition coefficient (Wildman–Crippen LogP) is 2.87. The molecule has 0 aromatic carbocycles. The van der Waals surface area contributed by atoms with E-state index in [4.69, 9.17) is 9.47 Å². The topological polar surface area (TPSA) is 78.4 Å². The van der Waals surface area contributed by atoms with Gasteiger partial charge in [0.05, 0.1) is 48.5 Å². The van der Waals surface area contributed by atoms with Gasteiger partial charge in [-0.25, -0.2) is 9.97 Å². The molecule has 2 heterocycles. The zero-order valence-corrected chi connectivity index (χ0v) is 15.4. The third-order valence-corrected chi connectivity index (χ3v) is 5.40. The van der Waals surface area contributed by atoms with Crippen LogP contribution in [0.25, 0.3) is 0 Å². The SMILES string of the molecule is Cc1ncsc1CCOC(=O)CCC(=O)OCCc1scnc1C. The lowest BCUT2D eigenvalue weighted by Gasteiger charge is -2.05. The molecule has 0 amide bonds. The fourth-order valence-electron chi connectivity index (χ4n) is 2.00. The van der Waals surface area contributed by atoms with Crippen LogP contribution >= 0.6 is 22.7 Å². The standard InChI is InChI=1S/C16H20N2O4S2/c1-11-13(23-9-17-11)5-7-21-15(19)3-4-16(20)22-8-6-14-12(2)18-10-24-14/h9-10H,3-8H2,1-2H3. The number of thiazole rings is 2. The number of carbonyl (C=O) groups excluding carboxylic acids is 2. The van der Waals surface area contributed by atoms with Crippen LogP contribution in [0.15, 0.2) is 11.0 Å². The van der Waals surface area contributed by atoms with Gasteiger partial charge < -0.3 is 9.47 Å². The highest BCUT2D eigenvalue weighted by atomic mass is 32.1. The fourth-order valence-corrected chi connectivity index (χ4v) is 3.52. The Kier molecular flexibility index (Phi) is 7.33. The van der Waals surface area contributed by atoms with Crippen molar-refractivity contribution in [2.75, 3.05) is 13.2 Å². The molecular formula is C16H20N2O4S2. The van der Waals surface area contributed by atoms with E-state index in [9.17, 15) is 9.59 Å². The van der Waals surface area contributed by atoms with Gasteiger partial charge in [-0.2, -0.15) is 0 Å². The Bertz CT molecular complexity index is 623. The molecule has 0 saturated heterocycles. The summed E-state index contributed by atoms with van der Waals surface area (Å²) in [6.07, 6.45) is 1.39. The summed E-state index contributed by atoms with van der Waals surface area (Å²) in [4.78, 5) is 33.7. The van der Waals surface area contributed by atoms with E-state index in [-0.39, 0.29) is 24.8 Å². The lowest BCUT2D eigenvalue weighted by molar-refractivity contribution is -0.150. The molecule has 130 valence electrons. The van der Waals surface area contributed by atoms with Crippen LogP contribution < -0.4 is 0 Å². The first-order valence-electron chi connectivity index (χ1n) is 7.65. The number of ether oxygens (including phenoxy) is 2. The molecule has 6 nitrogen and oxygen atoms in total. The summed E-state index contributed by atoms with van der Waals surface area (Å²) in [5, 5.41) is 0. The molecule has 0 aliphatic carbocycles. The quantitative estimate of drug-likeness (QED) is 0.633. The van der Waals surface area contributed by atoms with Gasteiger partial charge >= 0.3 is 11.9 Å². The summed E-state index contributed by atoms with van der Waals surface area (Å²) in [5.74, 6) is -0.764. The molecule has 24 heavy (non-hydrogen) atoms. The van der Waals surface area contributed by atoms with E-state index in [1.165, 1.54) is 0 Å². The molecule has 8 heteroatoms. The van der Waals surface area contributed by atoms with Crippen molar-refractivity contribution in [2.45, 2.75) is 39.5 Å². The largest absolute Gasteiger partial charge is 0.465 e. The first-order chi connectivity index (χ1) is 11.6. The Morgan fingerprint density at radius 1 is 0.875 bits per heavy atom. The molecule has 0 aliphatic rings. The summed E-state index contributed by atoms with van der Waals surface area (Å²) in [6.45, 7) is 4.47. The van der Waals surface area contributed by atoms with Gasteiger partial charge in [0.25, 0.3) is 0 Å². The van der Waals surface area contributed by atoms with E-state index in [0.29, 0.717) is 26.1 Å². The molecule has 0 unspecified atom stereocenters. The maximum atomic E-state index is 11.6. The number of aryl methyl sites for hydroxylation is 2. The molecule has 2 aromatic heterocycles. The lowest BCUT2D eigenvalue weighted by atomic mass is 10.3. The van der Waals surface area contributed by atoms with Gasteiger partial charge in [0.1, 0.15) is 0 Å².